The molecule has 0 amide bonds. The smallest absolute Gasteiger partial charge is 0.129 e. The second-order valence-electron chi connectivity index (χ2n) is 4.41. The van der Waals surface area contributed by atoms with Gasteiger partial charge < -0.3 is 5.73 Å². The summed E-state index contributed by atoms with van der Waals surface area (Å²) in [5, 5.41) is 9.20. The van der Waals surface area contributed by atoms with Gasteiger partial charge in [-0.1, -0.05) is 18.2 Å². The van der Waals surface area contributed by atoms with E-state index in [0.29, 0.717) is 10.6 Å². The molecule has 3 nitrogen and oxygen atoms in total. The van der Waals surface area contributed by atoms with Gasteiger partial charge in [0.15, 0.2) is 0 Å². The monoisotopic (exact) mass is 295 g/mol. The van der Waals surface area contributed by atoms with Crippen LogP contribution < -0.4 is 5.73 Å². The number of thiophene rings is 1. The molecule has 0 saturated heterocycles. The van der Waals surface area contributed by atoms with Gasteiger partial charge in [0.1, 0.15) is 16.8 Å². The maximum Gasteiger partial charge on any atom is 0.129 e. The van der Waals surface area contributed by atoms with Crippen molar-refractivity contribution in [2.24, 2.45) is 0 Å². The predicted molar refractivity (Wildman–Crippen MR) is 82.1 cm³/mol. The number of nitrogens with two attached hydrogens (primary N) is 1. The summed E-state index contributed by atoms with van der Waals surface area (Å²) in [6.07, 6.45) is 3.38. The molecule has 0 unspecified atom stereocenters. The third-order valence-electron chi connectivity index (χ3n) is 3.10. The molecule has 2 aromatic heterocycles. The van der Waals surface area contributed by atoms with Crippen molar-refractivity contribution >= 4 is 17.0 Å². The average molecular weight is 295 g/mol. The number of nitriles is 1. The Morgan fingerprint density at radius 3 is 2.52 bits per heavy atom. The van der Waals surface area contributed by atoms with Crippen molar-refractivity contribution in [3.8, 4) is 27.6 Å². The van der Waals surface area contributed by atoms with E-state index in [1.54, 1.807) is 24.5 Å². The van der Waals surface area contributed by atoms with E-state index < -0.39 is 0 Å². The van der Waals surface area contributed by atoms with Crippen molar-refractivity contribution in [1.82, 2.24) is 4.98 Å². The van der Waals surface area contributed by atoms with Gasteiger partial charge in [0.2, 0.25) is 0 Å². The topological polar surface area (TPSA) is 62.7 Å². The summed E-state index contributed by atoms with van der Waals surface area (Å²) in [5.41, 5.74) is 8.98. The van der Waals surface area contributed by atoms with Crippen LogP contribution in [0.1, 0.15) is 4.88 Å². The fraction of sp³-hybridized carbons (Fsp3) is 0. The van der Waals surface area contributed by atoms with Crippen LogP contribution in [0.4, 0.5) is 10.1 Å². The molecule has 3 rings (SSSR count). The lowest BCUT2D eigenvalue weighted by Crippen LogP contribution is -1.90. The maximum absolute atomic E-state index is 13.1. The van der Waals surface area contributed by atoms with Crippen LogP contribution in [0.15, 0.2) is 48.8 Å². The highest BCUT2D eigenvalue weighted by atomic mass is 32.1. The average Bonchev–Trinajstić information content (AvgIpc) is 2.85. The number of halogens is 1. The predicted octanol–water partition coefficient (Wildman–Crippen LogP) is 4.07. The Bertz CT molecular complexity index is 817. The van der Waals surface area contributed by atoms with Crippen molar-refractivity contribution in [3.05, 3.63) is 59.5 Å². The third kappa shape index (κ3) is 2.37. The van der Waals surface area contributed by atoms with Crippen molar-refractivity contribution in [1.29, 1.82) is 5.26 Å². The number of rotatable bonds is 2. The number of nitrogen functional groups attached to an aromatic ring is 1. The minimum Gasteiger partial charge on any atom is -0.396 e. The van der Waals surface area contributed by atoms with Crippen molar-refractivity contribution in [2.45, 2.75) is 0 Å². The van der Waals surface area contributed by atoms with Gasteiger partial charge in [-0.2, -0.15) is 5.26 Å². The van der Waals surface area contributed by atoms with E-state index >= 15 is 0 Å². The van der Waals surface area contributed by atoms with Gasteiger partial charge in [-0.25, -0.2) is 4.39 Å². The number of aromatic nitrogens is 1. The number of pyridine rings is 1. The molecular weight excluding hydrogens is 285 g/mol. The highest BCUT2D eigenvalue weighted by molar-refractivity contribution is 7.17. The largest absolute Gasteiger partial charge is 0.396 e. The van der Waals surface area contributed by atoms with Crippen LogP contribution in [-0.4, -0.2) is 4.98 Å². The number of hydrogen-bond acceptors (Lipinski definition) is 4. The minimum atomic E-state index is -0.299. The first-order chi connectivity index (χ1) is 10.2. The zero-order chi connectivity index (χ0) is 14.8. The molecule has 0 bridgehead atoms. The quantitative estimate of drug-likeness (QED) is 0.775. The van der Waals surface area contributed by atoms with Crippen molar-refractivity contribution in [2.75, 3.05) is 5.73 Å². The number of nitrogens with zero attached hydrogens (tertiary/aromatic N) is 2. The van der Waals surface area contributed by atoms with Crippen molar-refractivity contribution in [3.63, 3.8) is 0 Å². The van der Waals surface area contributed by atoms with Gasteiger partial charge in [-0.15, -0.1) is 11.3 Å². The minimum absolute atomic E-state index is 0.299. The Kier molecular flexibility index (Phi) is 3.38. The normalized spacial score (nSPS) is 10.3. The molecule has 0 fully saturated rings. The van der Waals surface area contributed by atoms with Crippen LogP contribution in [-0.2, 0) is 0 Å². The molecule has 21 heavy (non-hydrogen) atoms. The molecule has 0 radical (unpaired) electrons. The first-order valence-corrected chi connectivity index (χ1v) is 7.01. The standard InChI is InChI=1S/C16H10FN3S/c17-12-5-3-10(4-6-12)16-14(11-2-1-7-20-9-11)15(19)13(8-18)21-16/h1-7,9H,19H2. The molecule has 2 heterocycles. The number of benzene rings is 1. The van der Waals surface area contributed by atoms with Gasteiger partial charge in [0, 0.05) is 28.4 Å². The van der Waals surface area contributed by atoms with Gasteiger partial charge >= 0.3 is 0 Å². The summed E-state index contributed by atoms with van der Waals surface area (Å²) < 4.78 is 13.1. The van der Waals surface area contributed by atoms with Gasteiger partial charge in [-0.05, 0) is 23.8 Å². The lowest BCUT2D eigenvalue weighted by molar-refractivity contribution is 0.628. The molecule has 0 spiro atoms. The molecule has 0 aliphatic carbocycles. The second kappa shape index (κ2) is 5.35. The molecule has 0 aliphatic heterocycles. The van der Waals surface area contributed by atoms with E-state index in [2.05, 4.69) is 11.1 Å². The SMILES string of the molecule is N#Cc1sc(-c2ccc(F)cc2)c(-c2cccnc2)c1N. The van der Waals surface area contributed by atoms with Crippen LogP contribution in [0.2, 0.25) is 0 Å². The summed E-state index contributed by atoms with van der Waals surface area (Å²) >= 11 is 1.30. The number of hydrogen-bond donors (Lipinski definition) is 1. The molecule has 102 valence electrons. The number of anilines is 1. The van der Waals surface area contributed by atoms with Crippen LogP contribution in [0, 0.1) is 17.1 Å². The second-order valence-corrected chi connectivity index (χ2v) is 5.43. The maximum atomic E-state index is 13.1. The molecule has 2 N–H and O–H groups in total. The van der Waals surface area contributed by atoms with Crippen molar-refractivity contribution < 1.29 is 4.39 Å². The summed E-state index contributed by atoms with van der Waals surface area (Å²) in [5.74, 6) is -0.299. The Labute approximate surface area is 125 Å². The fourth-order valence-electron chi connectivity index (χ4n) is 2.13. The highest BCUT2D eigenvalue weighted by Gasteiger charge is 2.18. The first-order valence-electron chi connectivity index (χ1n) is 6.19. The zero-order valence-electron chi connectivity index (χ0n) is 10.9. The van der Waals surface area contributed by atoms with Gasteiger partial charge in [0.25, 0.3) is 0 Å². The Hall–Kier alpha value is -2.71. The van der Waals surface area contributed by atoms with E-state index in [1.165, 1.54) is 23.5 Å². The van der Waals surface area contributed by atoms with E-state index in [4.69, 9.17) is 5.73 Å². The van der Waals surface area contributed by atoms with E-state index in [-0.39, 0.29) is 5.82 Å². The molecule has 1 aromatic carbocycles. The van der Waals surface area contributed by atoms with Gasteiger partial charge in [-0.3, -0.25) is 4.98 Å². The lowest BCUT2D eigenvalue weighted by Gasteiger charge is -2.05. The zero-order valence-corrected chi connectivity index (χ0v) is 11.7. The van der Waals surface area contributed by atoms with Crippen LogP contribution in [0.3, 0.4) is 0 Å². The summed E-state index contributed by atoms with van der Waals surface area (Å²) in [6.45, 7) is 0. The van der Waals surface area contributed by atoms with E-state index in [1.807, 2.05) is 12.1 Å². The third-order valence-corrected chi connectivity index (χ3v) is 4.26. The highest BCUT2D eigenvalue weighted by Crippen LogP contribution is 2.44. The summed E-state index contributed by atoms with van der Waals surface area (Å²) in [7, 11) is 0. The van der Waals surface area contributed by atoms with Crippen LogP contribution in [0.5, 0.6) is 0 Å². The van der Waals surface area contributed by atoms with Crippen LogP contribution >= 0.6 is 11.3 Å². The molecular formula is C16H10FN3S. The van der Waals surface area contributed by atoms with Crippen LogP contribution in [0.25, 0.3) is 21.6 Å². The molecule has 5 heteroatoms. The molecule has 0 aliphatic rings. The molecule has 0 atom stereocenters. The fourth-order valence-corrected chi connectivity index (χ4v) is 3.17. The summed E-state index contributed by atoms with van der Waals surface area (Å²) in [4.78, 5) is 5.39. The Morgan fingerprint density at radius 2 is 1.90 bits per heavy atom. The molecule has 0 saturated carbocycles. The Balaban J connectivity index is 2.26. The first kappa shape index (κ1) is 13.3. The van der Waals surface area contributed by atoms with E-state index in [0.717, 1.165) is 21.6 Å². The lowest BCUT2D eigenvalue weighted by atomic mass is 10.0. The van der Waals surface area contributed by atoms with E-state index in [9.17, 15) is 9.65 Å². The summed E-state index contributed by atoms with van der Waals surface area (Å²) in [6, 6.07) is 12.0. The van der Waals surface area contributed by atoms with Gasteiger partial charge in [0.05, 0.1) is 5.69 Å². The Morgan fingerprint density at radius 1 is 1.14 bits per heavy atom. The molecule has 3 aromatic rings.